The van der Waals surface area contributed by atoms with Crippen molar-refractivity contribution in [1.82, 2.24) is 0 Å². The molecule has 0 fully saturated rings. The summed E-state index contributed by atoms with van der Waals surface area (Å²) >= 11 is 0. The summed E-state index contributed by atoms with van der Waals surface area (Å²) < 4.78 is 0. The fraction of sp³-hybridized carbons (Fsp3) is 0.235. The van der Waals surface area contributed by atoms with E-state index in [1.807, 2.05) is 20.0 Å². The second kappa shape index (κ2) is 5.70. The van der Waals surface area contributed by atoms with Crippen molar-refractivity contribution in [2.75, 3.05) is 12.4 Å². The predicted molar refractivity (Wildman–Crippen MR) is 83.3 cm³/mol. The molecular weight excluding hydrogens is 232 g/mol. The van der Waals surface area contributed by atoms with Crippen molar-refractivity contribution in [1.29, 1.82) is 5.41 Å². The van der Waals surface area contributed by atoms with Crippen molar-refractivity contribution in [2.24, 2.45) is 0 Å². The van der Waals surface area contributed by atoms with Crippen LogP contribution in [-0.2, 0) is 0 Å². The van der Waals surface area contributed by atoms with Gasteiger partial charge in [-0.05, 0) is 53.8 Å². The van der Waals surface area contributed by atoms with E-state index in [1.54, 1.807) is 0 Å². The van der Waals surface area contributed by atoms with Gasteiger partial charge in [0, 0.05) is 18.4 Å². The maximum Gasteiger partial charge on any atom is 0.0383 e. The number of anilines is 1. The van der Waals surface area contributed by atoms with Crippen molar-refractivity contribution in [2.45, 2.75) is 20.3 Å². The number of hydrogen-bond acceptors (Lipinski definition) is 2. The minimum absolute atomic E-state index is 0.688. The number of nitrogens with one attached hydrogen (secondary N) is 2. The van der Waals surface area contributed by atoms with E-state index in [2.05, 4.69) is 48.6 Å². The highest BCUT2D eigenvalue weighted by Gasteiger charge is 2.06. The van der Waals surface area contributed by atoms with Crippen molar-refractivity contribution in [3.8, 4) is 11.1 Å². The molecule has 2 aromatic carbocycles. The van der Waals surface area contributed by atoms with E-state index in [4.69, 9.17) is 5.41 Å². The van der Waals surface area contributed by atoms with Gasteiger partial charge < -0.3 is 10.7 Å². The lowest BCUT2D eigenvalue weighted by atomic mass is 9.96. The van der Waals surface area contributed by atoms with Crippen LogP contribution in [0.25, 0.3) is 11.1 Å². The first-order chi connectivity index (χ1) is 9.15. The van der Waals surface area contributed by atoms with Crippen LogP contribution in [0.15, 0.2) is 42.5 Å². The van der Waals surface area contributed by atoms with E-state index in [1.165, 1.54) is 16.7 Å². The lowest BCUT2D eigenvalue weighted by molar-refractivity contribution is 1.24. The topological polar surface area (TPSA) is 35.9 Å². The standard InChI is InChI=1S/C17H20N2/c1-4-17(18)14-6-5-12(2)16(11-14)13-7-9-15(19-3)10-8-13/h5-11,18-19H,4H2,1-3H3. The lowest BCUT2D eigenvalue weighted by Gasteiger charge is -2.10. The van der Waals surface area contributed by atoms with Gasteiger partial charge in [-0.1, -0.05) is 31.2 Å². The van der Waals surface area contributed by atoms with E-state index in [0.29, 0.717) is 5.71 Å². The van der Waals surface area contributed by atoms with Gasteiger partial charge in [-0.25, -0.2) is 0 Å². The molecule has 98 valence electrons. The molecule has 2 rings (SSSR count). The molecule has 0 spiro atoms. The molecule has 0 saturated carbocycles. The summed E-state index contributed by atoms with van der Waals surface area (Å²) in [6, 6.07) is 14.6. The Morgan fingerprint density at radius 2 is 1.79 bits per heavy atom. The quantitative estimate of drug-likeness (QED) is 0.773. The first-order valence-electron chi connectivity index (χ1n) is 6.62. The van der Waals surface area contributed by atoms with Crippen molar-refractivity contribution in [3.63, 3.8) is 0 Å². The number of rotatable bonds is 4. The Hall–Kier alpha value is -2.09. The zero-order valence-corrected chi connectivity index (χ0v) is 11.7. The van der Waals surface area contributed by atoms with Crippen LogP contribution in [0.3, 0.4) is 0 Å². The largest absolute Gasteiger partial charge is 0.388 e. The monoisotopic (exact) mass is 252 g/mol. The number of hydrogen-bond donors (Lipinski definition) is 2. The maximum atomic E-state index is 7.96. The van der Waals surface area contributed by atoms with Gasteiger partial charge in [0.25, 0.3) is 0 Å². The molecule has 2 aromatic rings. The van der Waals surface area contributed by atoms with E-state index < -0.39 is 0 Å². The number of aryl methyl sites for hydroxylation is 1. The summed E-state index contributed by atoms with van der Waals surface area (Å²) in [5.41, 5.74) is 6.46. The first-order valence-corrected chi connectivity index (χ1v) is 6.62. The number of benzene rings is 2. The van der Waals surface area contributed by atoms with Crippen molar-refractivity contribution >= 4 is 11.4 Å². The third-order valence-corrected chi connectivity index (χ3v) is 3.42. The van der Waals surface area contributed by atoms with Crippen LogP contribution in [0.2, 0.25) is 0 Å². The lowest BCUT2D eigenvalue weighted by Crippen LogP contribution is -1.97. The van der Waals surface area contributed by atoms with Crippen LogP contribution in [-0.4, -0.2) is 12.8 Å². The Morgan fingerprint density at radius 3 is 2.37 bits per heavy atom. The molecule has 0 aliphatic heterocycles. The summed E-state index contributed by atoms with van der Waals surface area (Å²) in [6.45, 7) is 4.13. The normalized spacial score (nSPS) is 10.3. The maximum absolute atomic E-state index is 7.96. The highest BCUT2D eigenvalue weighted by Crippen LogP contribution is 2.26. The molecule has 0 unspecified atom stereocenters. The summed E-state index contributed by atoms with van der Waals surface area (Å²) in [5.74, 6) is 0. The molecule has 0 amide bonds. The van der Waals surface area contributed by atoms with Crippen LogP contribution in [0.4, 0.5) is 5.69 Å². The van der Waals surface area contributed by atoms with Crippen LogP contribution in [0.5, 0.6) is 0 Å². The average Bonchev–Trinajstić information content (AvgIpc) is 2.47. The van der Waals surface area contributed by atoms with Crippen molar-refractivity contribution < 1.29 is 0 Å². The zero-order valence-electron chi connectivity index (χ0n) is 11.7. The highest BCUT2D eigenvalue weighted by atomic mass is 14.8. The first kappa shape index (κ1) is 13.3. The zero-order chi connectivity index (χ0) is 13.8. The van der Waals surface area contributed by atoms with Gasteiger partial charge in [0.2, 0.25) is 0 Å². The van der Waals surface area contributed by atoms with Gasteiger partial charge in [0.05, 0.1) is 0 Å². The highest BCUT2D eigenvalue weighted by molar-refractivity contribution is 5.99. The van der Waals surface area contributed by atoms with Crippen LogP contribution >= 0.6 is 0 Å². The molecular formula is C17H20N2. The Balaban J connectivity index is 2.44. The summed E-state index contributed by atoms with van der Waals surface area (Å²) in [4.78, 5) is 0. The predicted octanol–water partition coefficient (Wildman–Crippen LogP) is 4.48. The van der Waals surface area contributed by atoms with Crippen LogP contribution < -0.4 is 5.32 Å². The molecule has 0 saturated heterocycles. The fourth-order valence-corrected chi connectivity index (χ4v) is 2.14. The Morgan fingerprint density at radius 1 is 1.11 bits per heavy atom. The third kappa shape index (κ3) is 2.84. The molecule has 0 bridgehead atoms. The molecule has 19 heavy (non-hydrogen) atoms. The van der Waals surface area contributed by atoms with Gasteiger partial charge in [-0.3, -0.25) is 0 Å². The van der Waals surface area contributed by atoms with Gasteiger partial charge >= 0.3 is 0 Å². The van der Waals surface area contributed by atoms with E-state index in [9.17, 15) is 0 Å². The minimum atomic E-state index is 0.688. The smallest absolute Gasteiger partial charge is 0.0383 e. The molecule has 0 atom stereocenters. The molecule has 0 aliphatic carbocycles. The molecule has 2 N–H and O–H groups in total. The second-order valence-corrected chi connectivity index (χ2v) is 4.69. The SMILES string of the molecule is CCC(=N)c1ccc(C)c(-c2ccc(NC)cc2)c1. The average molecular weight is 252 g/mol. The summed E-state index contributed by atoms with van der Waals surface area (Å²) in [6.07, 6.45) is 0.765. The molecule has 0 radical (unpaired) electrons. The van der Waals surface area contributed by atoms with Gasteiger partial charge in [-0.2, -0.15) is 0 Å². The van der Waals surface area contributed by atoms with Crippen LogP contribution in [0.1, 0.15) is 24.5 Å². The fourth-order valence-electron chi connectivity index (χ4n) is 2.14. The molecule has 2 nitrogen and oxygen atoms in total. The van der Waals surface area contributed by atoms with E-state index in [-0.39, 0.29) is 0 Å². The van der Waals surface area contributed by atoms with Crippen LogP contribution in [0, 0.1) is 12.3 Å². The van der Waals surface area contributed by atoms with Gasteiger partial charge in [0.15, 0.2) is 0 Å². The Kier molecular flexibility index (Phi) is 4.00. The molecule has 0 heterocycles. The molecule has 2 heteroatoms. The van der Waals surface area contributed by atoms with Gasteiger partial charge in [0.1, 0.15) is 0 Å². The van der Waals surface area contributed by atoms with Crippen molar-refractivity contribution in [3.05, 3.63) is 53.6 Å². The molecule has 0 aliphatic rings. The Labute approximate surface area is 115 Å². The Bertz CT molecular complexity index is 583. The summed E-state index contributed by atoms with van der Waals surface area (Å²) in [5, 5.41) is 11.1. The summed E-state index contributed by atoms with van der Waals surface area (Å²) in [7, 11) is 1.92. The second-order valence-electron chi connectivity index (χ2n) is 4.69. The third-order valence-electron chi connectivity index (χ3n) is 3.42. The van der Waals surface area contributed by atoms with E-state index >= 15 is 0 Å². The van der Waals surface area contributed by atoms with Gasteiger partial charge in [-0.15, -0.1) is 0 Å². The van der Waals surface area contributed by atoms with E-state index in [0.717, 1.165) is 17.7 Å². The minimum Gasteiger partial charge on any atom is -0.388 e. The molecule has 0 aromatic heterocycles.